The average Bonchev–Trinajstić information content (AvgIpc) is 3.91. The number of carbonyl (C=O) groups excluding carboxylic acids is 2. The third kappa shape index (κ3) is 30.9. The molecule has 2 aromatic heterocycles. The number of fused-ring (bicyclic) bond motifs is 2. The van der Waals surface area contributed by atoms with Crippen LogP contribution in [0.1, 0.15) is 102 Å². The van der Waals surface area contributed by atoms with E-state index >= 15 is 0 Å². The van der Waals surface area contributed by atoms with Crippen LogP contribution in [0.15, 0.2) is 54.6 Å². The molecule has 2 aliphatic rings. The van der Waals surface area contributed by atoms with E-state index in [0.717, 1.165) is 118 Å². The maximum atomic E-state index is 12.3. The third-order valence-electron chi connectivity index (χ3n) is 13.1. The number of nitrogens with zero attached hydrogens (tertiary/aromatic N) is 6. The lowest BCUT2D eigenvalue weighted by atomic mass is 10.1. The number of rotatable bonds is 41. The van der Waals surface area contributed by atoms with E-state index in [1.54, 1.807) is 17.0 Å². The van der Waals surface area contributed by atoms with Crippen LogP contribution in [-0.2, 0) is 55.6 Å². The van der Waals surface area contributed by atoms with Gasteiger partial charge < -0.3 is 79.9 Å². The van der Waals surface area contributed by atoms with E-state index in [2.05, 4.69) is 43.0 Å². The first-order valence-corrected chi connectivity index (χ1v) is 28.5. The molecule has 2 atom stereocenters. The van der Waals surface area contributed by atoms with Gasteiger partial charge in [-0.05, 0) is 128 Å². The van der Waals surface area contributed by atoms with Gasteiger partial charge in [-0.2, -0.15) is 0 Å². The number of aliphatic hydroxyl groups is 1. The van der Waals surface area contributed by atoms with Gasteiger partial charge in [-0.1, -0.05) is 24.6 Å². The molecule has 9 N–H and O–H groups in total. The summed E-state index contributed by atoms with van der Waals surface area (Å²) in [6.07, 6.45) is 15.7. The summed E-state index contributed by atoms with van der Waals surface area (Å²) in [6.45, 7) is 14.3. The summed E-state index contributed by atoms with van der Waals surface area (Å²) < 4.78 is 33.0. The number of unbranched alkanes of at least 4 members (excludes halogenated alkanes) is 4. The fraction of sp³-hybridized carbons (Fsp3) is 0.684. The Balaban J connectivity index is 0.000000686. The summed E-state index contributed by atoms with van der Waals surface area (Å²) in [5, 5.41) is 31.4. The highest BCUT2D eigenvalue weighted by Gasteiger charge is 2.24. The molecule has 4 heterocycles. The number of amides is 1. The quantitative estimate of drug-likeness (QED) is 0.0174. The molecule has 22 heteroatoms. The first kappa shape index (κ1) is 68.1. The molecule has 2 aliphatic heterocycles. The van der Waals surface area contributed by atoms with Crippen LogP contribution in [0.2, 0.25) is 0 Å². The number of hydrogen-bond acceptors (Lipinski definition) is 20. The Morgan fingerprint density at radius 1 is 0.861 bits per heavy atom. The molecular weight excluding hydrogens is 1010 g/mol. The standard InChI is InChI=1S/C42H65N9O8.C11H22N2O2.C4H10O/c43-32-36(10-4-6-21-52)51(44)20-23-56-25-27-58-29-31-59-30-28-57-26-24-55-22-19-50(17-5-3-9-35-14-13-34-8-7-16-45-40(34)48-35)18-15-39(42(53)54)49-41-37-11-1-2-12-38(37)46-33-47-41;1-12-7-4-2-3-5-11(15)13-8-6-10(14)9-13;1-4(2)5-3/h1-2,11-14,21,32-33,39H,3-10,15-20,22-31,43-44H2,(H,45,48)(H,53,54)(H,46,47,49);10,12,14H,2-9H2,1H3;4H,1-3H3/b36-32-;;. The van der Waals surface area contributed by atoms with Crippen LogP contribution in [0.3, 0.4) is 0 Å². The number of aryl methyl sites for hydroxylation is 2. The third-order valence-corrected chi connectivity index (χ3v) is 13.1. The monoisotopic (exact) mass is 1110 g/mol. The Hall–Kier alpha value is -5.14. The summed E-state index contributed by atoms with van der Waals surface area (Å²) in [5.74, 6) is 6.82. The number of aldehydes is 1. The van der Waals surface area contributed by atoms with Crippen molar-refractivity contribution in [2.24, 2.45) is 11.6 Å². The van der Waals surface area contributed by atoms with E-state index in [-0.39, 0.29) is 12.0 Å². The molecule has 1 fully saturated rings. The number of nitrogens with two attached hydrogens (primary N) is 2. The minimum atomic E-state index is -0.929. The number of carboxylic acid groups (broad SMARTS) is 1. The second-order valence-corrected chi connectivity index (χ2v) is 19.7. The Morgan fingerprint density at radius 3 is 2.18 bits per heavy atom. The SMILES string of the molecule is CNCCCCCC(=O)N1CCC(O)C1.COC(C)C.N/C=C(/CCCC=O)N(N)CCOCCOCCOCCOCCOCCN(CCCCc1ccc2c(n1)NCCC2)CCC(Nc1ncnc2ccccc12)C(=O)O. The molecule has 1 aromatic carbocycles. The van der Waals surface area contributed by atoms with Gasteiger partial charge in [0.2, 0.25) is 5.91 Å². The Morgan fingerprint density at radius 2 is 1.54 bits per heavy atom. The van der Waals surface area contributed by atoms with Gasteiger partial charge in [0.1, 0.15) is 30.3 Å². The zero-order valence-corrected chi connectivity index (χ0v) is 48.0. The highest BCUT2D eigenvalue weighted by atomic mass is 16.6. The number of carbonyl (C=O) groups is 3. The van der Waals surface area contributed by atoms with Crippen molar-refractivity contribution < 1.29 is 53.0 Å². The van der Waals surface area contributed by atoms with Crippen molar-refractivity contribution in [1.82, 2.24) is 35.1 Å². The topological polar surface area (TPSA) is 284 Å². The van der Waals surface area contributed by atoms with Gasteiger partial charge >= 0.3 is 5.97 Å². The molecule has 2 unspecified atom stereocenters. The van der Waals surface area contributed by atoms with Crippen LogP contribution in [0.5, 0.6) is 0 Å². The maximum absolute atomic E-state index is 12.3. The first-order chi connectivity index (χ1) is 38.5. The molecule has 0 saturated carbocycles. The Kier molecular flexibility index (Phi) is 37.6. The number of β-amino-alcohol motifs (C(OH)–C–C–N with tert-alkyl or cyclic N) is 1. The number of likely N-dealkylation sites (tertiary alicyclic amines) is 1. The Bertz CT molecular complexity index is 2100. The zero-order chi connectivity index (χ0) is 57.1. The molecule has 1 saturated heterocycles. The molecule has 3 aromatic rings. The molecule has 0 spiro atoms. The Labute approximate surface area is 470 Å². The minimum absolute atomic E-state index is 0.205. The summed E-state index contributed by atoms with van der Waals surface area (Å²) in [6, 6.07) is 11.1. The number of pyridine rings is 1. The van der Waals surface area contributed by atoms with Crippen molar-refractivity contribution >= 4 is 40.7 Å². The number of allylic oxidation sites excluding steroid dienone is 1. The smallest absolute Gasteiger partial charge is 0.326 e. The second-order valence-electron chi connectivity index (χ2n) is 19.7. The zero-order valence-electron chi connectivity index (χ0n) is 48.0. The van der Waals surface area contributed by atoms with Crippen LogP contribution in [0.25, 0.3) is 10.9 Å². The summed E-state index contributed by atoms with van der Waals surface area (Å²) in [4.78, 5) is 52.0. The molecular formula is C57H97N11O11. The fourth-order valence-corrected chi connectivity index (χ4v) is 8.39. The van der Waals surface area contributed by atoms with Crippen LogP contribution in [0, 0.1) is 0 Å². The number of hydrogen-bond donors (Lipinski definition) is 7. The van der Waals surface area contributed by atoms with Crippen LogP contribution in [-0.4, -0.2) is 209 Å². The van der Waals surface area contributed by atoms with E-state index in [1.165, 1.54) is 18.1 Å². The predicted molar refractivity (Wildman–Crippen MR) is 309 cm³/mol. The molecule has 0 bridgehead atoms. The normalized spacial score (nSPS) is 14.5. The average molecular weight is 1110 g/mol. The minimum Gasteiger partial charge on any atom is -0.480 e. The first-order valence-electron chi connectivity index (χ1n) is 28.5. The molecule has 79 heavy (non-hydrogen) atoms. The molecule has 22 nitrogen and oxygen atoms in total. The van der Waals surface area contributed by atoms with Crippen molar-refractivity contribution in [2.45, 2.75) is 122 Å². The van der Waals surface area contributed by atoms with Gasteiger partial charge in [0.25, 0.3) is 0 Å². The molecule has 0 aliphatic carbocycles. The number of benzene rings is 1. The highest BCUT2D eigenvalue weighted by Crippen LogP contribution is 2.22. The predicted octanol–water partition coefficient (Wildman–Crippen LogP) is 4.79. The number of ether oxygens (including phenoxy) is 6. The lowest BCUT2D eigenvalue weighted by Crippen LogP contribution is -2.37. The second kappa shape index (κ2) is 43.6. The van der Waals surface area contributed by atoms with Crippen molar-refractivity contribution in [3.8, 4) is 0 Å². The number of para-hydroxylation sites is 1. The molecule has 5 rings (SSSR count). The highest BCUT2D eigenvalue weighted by molar-refractivity contribution is 5.90. The van der Waals surface area contributed by atoms with E-state index < -0.39 is 12.0 Å². The van der Waals surface area contributed by atoms with Crippen molar-refractivity contribution in [3.63, 3.8) is 0 Å². The van der Waals surface area contributed by atoms with Crippen molar-refractivity contribution in [1.29, 1.82) is 0 Å². The summed E-state index contributed by atoms with van der Waals surface area (Å²) >= 11 is 0. The van der Waals surface area contributed by atoms with E-state index in [0.29, 0.717) is 136 Å². The summed E-state index contributed by atoms with van der Waals surface area (Å²) in [5.41, 5.74) is 9.55. The van der Waals surface area contributed by atoms with Gasteiger partial charge in [-0.25, -0.2) is 25.6 Å². The van der Waals surface area contributed by atoms with Gasteiger partial charge in [0.05, 0.1) is 90.3 Å². The van der Waals surface area contributed by atoms with Crippen LogP contribution in [0.4, 0.5) is 11.6 Å². The number of hydrazine groups is 1. The molecule has 446 valence electrons. The number of aromatic nitrogens is 3. The molecule has 1 amide bonds. The lowest BCUT2D eigenvalue weighted by Gasteiger charge is -2.25. The number of nitrogens with one attached hydrogen (secondary N) is 3. The number of aliphatic carboxylic acids is 1. The van der Waals surface area contributed by atoms with Crippen LogP contribution < -0.4 is 27.5 Å². The maximum Gasteiger partial charge on any atom is 0.326 e. The number of carboxylic acids is 1. The number of methoxy groups -OCH3 is 1. The van der Waals surface area contributed by atoms with Crippen LogP contribution >= 0.6 is 0 Å². The molecule has 0 radical (unpaired) electrons. The largest absolute Gasteiger partial charge is 0.480 e. The fourth-order valence-electron chi connectivity index (χ4n) is 8.39. The van der Waals surface area contributed by atoms with Gasteiger partial charge in [0.15, 0.2) is 0 Å². The van der Waals surface area contributed by atoms with E-state index in [4.69, 9.17) is 45.0 Å². The van der Waals surface area contributed by atoms with Gasteiger partial charge in [-0.15, -0.1) is 0 Å². The lowest BCUT2D eigenvalue weighted by molar-refractivity contribution is -0.138. The van der Waals surface area contributed by atoms with E-state index in [9.17, 15) is 24.6 Å². The number of aliphatic hydroxyl groups excluding tert-OH is 1. The van der Waals surface area contributed by atoms with Gasteiger partial charge in [0, 0.05) is 75.7 Å². The van der Waals surface area contributed by atoms with Crippen molar-refractivity contribution in [3.05, 3.63) is 65.9 Å². The summed E-state index contributed by atoms with van der Waals surface area (Å²) in [7, 11) is 3.64. The number of anilines is 2. The van der Waals surface area contributed by atoms with E-state index in [1.807, 2.05) is 45.2 Å². The van der Waals surface area contributed by atoms with Crippen molar-refractivity contribution in [2.75, 3.05) is 143 Å². The van der Waals surface area contributed by atoms with Gasteiger partial charge in [-0.3, -0.25) is 4.79 Å².